The first-order valence-corrected chi connectivity index (χ1v) is 11.1. The van der Waals surface area contributed by atoms with Crippen LogP contribution < -0.4 is 15.0 Å². The normalized spacial score (nSPS) is 16.3. The third-order valence-electron chi connectivity index (χ3n) is 5.41. The topological polar surface area (TPSA) is 67.3 Å². The molecule has 3 heterocycles. The predicted octanol–water partition coefficient (Wildman–Crippen LogP) is 3.79. The van der Waals surface area contributed by atoms with Gasteiger partial charge in [-0.3, -0.25) is 4.79 Å². The Labute approximate surface area is 180 Å². The average Bonchev–Trinajstić information content (AvgIpc) is 3.35. The first kappa shape index (κ1) is 20.3. The van der Waals surface area contributed by atoms with Gasteiger partial charge in [0.15, 0.2) is 5.82 Å². The van der Waals surface area contributed by atoms with Crippen molar-refractivity contribution in [2.45, 2.75) is 19.3 Å². The van der Waals surface area contributed by atoms with Crippen molar-refractivity contribution in [1.82, 2.24) is 15.5 Å². The van der Waals surface area contributed by atoms with Gasteiger partial charge in [0.25, 0.3) is 0 Å². The van der Waals surface area contributed by atoms with Gasteiger partial charge >= 0.3 is 0 Å². The largest absolute Gasteiger partial charge is 0.497 e. The number of rotatable bonds is 7. The van der Waals surface area contributed by atoms with Crippen LogP contribution in [0.25, 0.3) is 10.6 Å². The lowest BCUT2D eigenvalue weighted by Crippen LogP contribution is -2.43. The second-order valence-electron chi connectivity index (χ2n) is 7.43. The van der Waals surface area contributed by atoms with Crippen LogP contribution in [0.1, 0.15) is 18.4 Å². The van der Waals surface area contributed by atoms with Crippen molar-refractivity contribution < 1.29 is 9.53 Å². The van der Waals surface area contributed by atoms with E-state index in [4.69, 9.17) is 4.74 Å². The van der Waals surface area contributed by atoms with Crippen LogP contribution in [0, 0.1) is 5.92 Å². The van der Waals surface area contributed by atoms with Crippen LogP contribution in [-0.4, -0.2) is 42.8 Å². The molecule has 30 heavy (non-hydrogen) atoms. The van der Waals surface area contributed by atoms with Gasteiger partial charge in [-0.2, -0.15) is 0 Å². The van der Waals surface area contributed by atoms with Crippen molar-refractivity contribution in [3.05, 3.63) is 59.5 Å². The molecular formula is C23H26N4O2S. The van der Waals surface area contributed by atoms with Gasteiger partial charge in [-0.1, -0.05) is 18.2 Å². The number of amides is 1. The predicted molar refractivity (Wildman–Crippen MR) is 120 cm³/mol. The quantitative estimate of drug-likeness (QED) is 0.627. The van der Waals surface area contributed by atoms with E-state index in [1.165, 1.54) is 5.56 Å². The Balaban J connectivity index is 1.29. The van der Waals surface area contributed by atoms with Crippen LogP contribution in [0.4, 0.5) is 5.82 Å². The third kappa shape index (κ3) is 4.97. The molecule has 2 aromatic heterocycles. The molecular weight excluding hydrogens is 396 g/mol. The summed E-state index contributed by atoms with van der Waals surface area (Å²) in [5.74, 6) is 1.78. The highest BCUT2D eigenvalue weighted by molar-refractivity contribution is 7.13. The number of carbonyl (C=O) groups is 1. The SMILES string of the molecule is COc1ccc(CCNC(=O)C2CCCN(c3ccc(-c4cccs4)nn3)C2)cc1. The zero-order valence-corrected chi connectivity index (χ0v) is 17.9. The number of piperidine rings is 1. The maximum absolute atomic E-state index is 12.7. The molecule has 1 unspecified atom stereocenters. The third-order valence-corrected chi connectivity index (χ3v) is 6.30. The van der Waals surface area contributed by atoms with E-state index in [1.54, 1.807) is 18.4 Å². The number of ether oxygens (including phenoxy) is 1. The van der Waals surface area contributed by atoms with Gasteiger partial charge in [0.05, 0.1) is 17.9 Å². The number of thiophene rings is 1. The van der Waals surface area contributed by atoms with E-state index in [2.05, 4.69) is 20.4 Å². The Hall–Kier alpha value is -2.93. The highest BCUT2D eigenvalue weighted by atomic mass is 32.1. The number of benzene rings is 1. The minimum Gasteiger partial charge on any atom is -0.497 e. The summed E-state index contributed by atoms with van der Waals surface area (Å²) < 4.78 is 5.18. The summed E-state index contributed by atoms with van der Waals surface area (Å²) in [4.78, 5) is 16.0. The zero-order chi connectivity index (χ0) is 20.8. The Morgan fingerprint density at radius 3 is 2.77 bits per heavy atom. The molecule has 1 amide bonds. The lowest BCUT2D eigenvalue weighted by Gasteiger charge is -2.32. The van der Waals surface area contributed by atoms with Crippen molar-refractivity contribution in [1.29, 1.82) is 0 Å². The standard InChI is InChI=1S/C23H26N4O2S/c1-29-19-8-6-17(7-9-19)12-13-24-23(28)18-4-2-14-27(16-18)22-11-10-20(25-26-22)21-5-3-15-30-21/h3,5-11,15,18H,2,4,12-14,16H2,1H3,(H,24,28). The highest BCUT2D eigenvalue weighted by Crippen LogP contribution is 2.25. The van der Waals surface area contributed by atoms with E-state index >= 15 is 0 Å². The molecule has 0 saturated carbocycles. The van der Waals surface area contributed by atoms with Gasteiger partial charge < -0.3 is 15.0 Å². The average molecular weight is 423 g/mol. The van der Waals surface area contributed by atoms with Gasteiger partial charge in [-0.25, -0.2) is 0 Å². The molecule has 1 aliphatic heterocycles. The molecule has 0 aliphatic carbocycles. The molecule has 0 bridgehead atoms. The molecule has 3 aromatic rings. The van der Waals surface area contributed by atoms with Crippen LogP contribution in [0.3, 0.4) is 0 Å². The number of hydrogen-bond donors (Lipinski definition) is 1. The zero-order valence-electron chi connectivity index (χ0n) is 17.1. The molecule has 0 spiro atoms. The van der Waals surface area contributed by atoms with E-state index in [1.807, 2.05) is 53.9 Å². The van der Waals surface area contributed by atoms with Gasteiger partial charge in [0.2, 0.25) is 5.91 Å². The van der Waals surface area contributed by atoms with E-state index < -0.39 is 0 Å². The van der Waals surface area contributed by atoms with Crippen molar-refractivity contribution in [2.24, 2.45) is 5.92 Å². The van der Waals surface area contributed by atoms with Crippen LogP contribution in [0.2, 0.25) is 0 Å². The summed E-state index contributed by atoms with van der Waals surface area (Å²) in [6, 6.07) is 16.0. The second kappa shape index (κ2) is 9.71. The van der Waals surface area contributed by atoms with Crippen molar-refractivity contribution in [3.8, 4) is 16.3 Å². The lowest BCUT2D eigenvalue weighted by molar-refractivity contribution is -0.125. The molecule has 1 aromatic carbocycles. The number of hydrogen-bond acceptors (Lipinski definition) is 6. The van der Waals surface area contributed by atoms with Crippen molar-refractivity contribution in [2.75, 3.05) is 31.6 Å². The van der Waals surface area contributed by atoms with Crippen LogP contribution in [0.5, 0.6) is 5.75 Å². The number of carbonyl (C=O) groups excluding carboxylic acids is 1. The Kier molecular flexibility index (Phi) is 6.59. The Morgan fingerprint density at radius 2 is 2.07 bits per heavy atom. The second-order valence-corrected chi connectivity index (χ2v) is 8.38. The maximum atomic E-state index is 12.7. The first-order chi connectivity index (χ1) is 14.7. The molecule has 1 N–H and O–H groups in total. The number of aromatic nitrogens is 2. The fraction of sp³-hybridized carbons (Fsp3) is 0.348. The first-order valence-electron chi connectivity index (χ1n) is 10.3. The minimum absolute atomic E-state index is 0.0200. The molecule has 1 saturated heterocycles. The fourth-order valence-electron chi connectivity index (χ4n) is 3.72. The molecule has 1 fully saturated rings. The van der Waals surface area contributed by atoms with Gasteiger partial charge in [-0.05, 0) is 60.5 Å². The summed E-state index contributed by atoms with van der Waals surface area (Å²) in [6.07, 6.45) is 2.69. The Morgan fingerprint density at radius 1 is 1.20 bits per heavy atom. The molecule has 6 nitrogen and oxygen atoms in total. The summed E-state index contributed by atoms with van der Waals surface area (Å²) in [7, 11) is 1.66. The van der Waals surface area contributed by atoms with Crippen molar-refractivity contribution >= 4 is 23.1 Å². The molecule has 0 radical (unpaired) electrons. The monoisotopic (exact) mass is 422 g/mol. The van der Waals surface area contributed by atoms with Gasteiger partial charge in [0.1, 0.15) is 11.4 Å². The minimum atomic E-state index is -0.0200. The maximum Gasteiger partial charge on any atom is 0.224 e. The van der Waals surface area contributed by atoms with Crippen LogP contribution >= 0.6 is 11.3 Å². The molecule has 156 valence electrons. The Bertz CT molecular complexity index is 942. The fourth-order valence-corrected chi connectivity index (χ4v) is 4.41. The number of nitrogens with one attached hydrogen (secondary N) is 1. The van der Waals surface area contributed by atoms with E-state index in [0.29, 0.717) is 13.1 Å². The van der Waals surface area contributed by atoms with Crippen LogP contribution in [0.15, 0.2) is 53.9 Å². The summed E-state index contributed by atoms with van der Waals surface area (Å²) in [5, 5.41) is 13.9. The van der Waals surface area contributed by atoms with Crippen LogP contribution in [-0.2, 0) is 11.2 Å². The highest BCUT2D eigenvalue weighted by Gasteiger charge is 2.26. The van der Waals surface area contributed by atoms with Crippen molar-refractivity contribution in [3.63, 3.8) is 0 Å². The molecule has 7 heteroatoms. The lowest BCUT2D eigenvalue weighted by atomic mass is 9.97. The molecule has 1 aliphatic rings. The summed E-state index contributed by atoms with van der Waals surface area (Å²) in [6.45, 7) is 2.22. The van der Waals surface area contributed by atoms with E-state index in [9.17, 15) is 4.79 Å². The van der Waals surface area contributed by atoms with E-state index in [-0.39, 0.29) is 11.8 Å². The van der Waals surface area contributed by atoms with Gasteiger partial charge in [0, 0.05) is 19.6 Å². The molecule has 1 atom stereocenters. The summed E-state index contributed by atoms with van der Waals surface area (Å²) >= 11 is 1.65. The number of nitrogens with zero attached hydrogens (tertiary/aromatic N) is 3. The number of anilines is 1. The molecule has 4 rings (SSSR count). The van der Waals surface area contributed by atoms with Gasteiger partial charge in [-0.15, -0.1) is 21.5 Å². The van der Waals surface area contributed by atoms with E-state index in [0.717, 1.165) is 47.9 Å². The number of methoxy groups -OCH3 is 1. The smallest absolute Gasteiger partial charge is 0.224 e. The summed E-state index contributed by atoms with van der Waals surface area (Å²) in [5.41, 5.74) is 2.07.